The molecule has 6 heteroatoms. The summed E-state index contributed by atoms with van der Waals surface area (Å²) in [6.45, 7) is 7.66. The van der Waals surface area contributed by atoms with E-state index in [0.29, 0.717) is 11.7 Å². The predicted molar refractivity (Wildman–Crippen MR) is 90.4 cm³/mol. The normalized spacial score (nSPS) is 18.8. The number of hydrogen-bond acceptors (Lipinski definition) is 4. The predicted octanol–water partition coefficient (Wildman–Crippen LogP) is 2.95. The maximum Gasteiger partial charge on any atom is 0.165 e. The van der Waals surface area contributed by atoms with Crippen LogP contribution in [0.3, 0.4) is 0 Å². The van der Waals surface area contributed by atoms with Crippen molar-refractivity contribution in [1.29, 1.82) is 0 Å². The van der Waals surface area contributed by atoms with Gasteiger partial charge in [-0.3, -0.25) is 4.90 Å². The van der Waals surface area contributed by atoms with Crippen molar-refractivity contribution < 1.29 is 9.13 Å². The zero-order valence-electron chi connectivity index (χ0n) is 14.6. The molecule has 0 unspecified atom stereocenters. The van der Waals surface area contributed by atoms with Gasteiger partial charge in [-0.05, 0) is 56.8 Å². The molecule has 0 aliphatic carbocycles. The highest BCUT2D eigenvalue weighted by Gasteiger charge is 2.21. The van der Waals surface area contributed by atoms with Crippen molar-refractivity contribution in [2.45, 2.75) is 39.8 Å². The molecule has 2 aromatic rings. The first-order chi connectivity index (χ1) is 11.5. The van der Waals surface area contributed by atoms with E-state index in [9.17, 15) is 4.39 Å². The molecule has 1 fully saturated rings. The Bertz CT molecular complexity index is 700. The third-order valence-corrected chi connectivity index (χ3v) is 4.62. The van der Waals surface area contributed by atoms with Crippen LogP contribution in [0.2, 0.25) is 0 Å². The molecular formula is C18H25FN4O. The van der Waals surface area contributed by atoms with Crippen LogP contribution in [0.25, 0.3) is 0 Å². The molecule has 1 atom stereocenters. The van der Waals surface area contributed by atoms with Gasteiger partial charge in [-0.1, -0.05) is 6.07 Å². The Morgan fingerprint density at radius 2 is 2.17 bits per heavy atom. The third kappa shape index (κ3) is 3.93. The second-order valence-electron chi connectivity index (χ2n) is 6.60. The van der Waals surface area contributed by atoms with Crippen molar-refractivity contribution in [3.8, 4) is 5.75 Å². The fraction of sp³-hybridized carbons (Fsp3) is 0.556. The molecule has 0 amide bonds. The molecule has 2 heterocycles. The number of nitrogens with zero attached hydrogens (tertiary/aromatic N) is 4. The zero-order valence-corrected chi connectivity index (χ0v) is 14.6. The summed E-state index contributed by atoms with van der Waals surface area (Å²) in [6, 6.07) is 5.22. The number of ether oxygens (including phenoxy) is 1. The van der Waals surface area contributed by atoms with Gasteiger partial charge in [0.2, 0.25) is 0 Å². The van der Waals surface area contributed by atoms with Crippen LogP contribution in [-0.2, 0) is 13.1 Å². The van der Waals surface area contributed by atoms with Gasteiger partial charge in [-0.2, -0.15) is 5.10 Å². The molecule has 3 rings (SSSR count). The smallest absolute Gasteiger partial charge is 0.165 e. The van der Waals surface area contributed by atoms with E-state index < -0.39 is 0 Å². The molecule has 0 radical (unpaired) electrons. The van der Waals surface area contributed by atoms with Gasteiger partial charge in [-0.25, -0.2) is 14.1 Å². The third-order valence-electron chi connectivity index (χ3n) is 4.62. The lowest BCUT2D eigenvalue weighted by Crippen LogP contribution is -2.36. The van der Waals surface area contributed by atoms with Crippen LogP contribution in [0.4, 0.5) is 4.39 Å². The Morgan fingerprint density at radius 1 is 1.33 bits per heavy atom. The van der Waals surface area contributed by atoms with Crippen molar-refractivity contribution in [3.05, 3.63) is 41.2 Å². The molecule has 1 aliphatic heterocycles. The minimum absolute atomic E-state index is 0.294. The number of hydrogen-bond donors (Lipinski definition) is 0. The average Bonchev–Trinajstić information content (AvgIpc) is 2.85. The number of halogens is 1. The first-order valence-corrected chi connectivity index (χ1v) is 8.48. The van der Waals surface area contributed by atoms with Crippen LogP contribution in [0.1, 0.15) is 30.1 Å². The molecule has 1 aromatic carbocycles. The van der Waals surface area contributed by atoms with E-state index >= 15 is 0 Å². The molecule has 1 aromatic heterocycles. The Kier molecular flexibility index (Phi) is 5.14. The maximum absolute atomic E-state index is 13.9. The van der Waals surface area contributed by atoms with Crippen molar-refractivity contribution in [1.82, 2.24) is 19.7 Å². The summed E-state index contributed by atoms with van der Waals surface area (Å²) in [7, 11) is 1.49. The molecule has 130 valence electrons. The lowest BCUT2D eigenvalue weighted by Gasteiger charge is -2.32. The Labute approximate surface area is 142 Å². The molecule has 0 saturated carbocycles. The number of methoxy groups -OCH3 is 1. The summed E-state index contributed by atoms with van der Waals surface area (Å²) in [4.78, 5) is 6.77. The first kappa shape index (κ1) is 16.9. The maximum atomic E-state index is 13.9. The van der Waals surface area contributed by atoms with Gasteiger partial charge in [0.25, 0.3) is 0 Å². The minimum Gasteiger partial charge on any atom is -0.494 e. The molecule has 0 spiro atoms. The SMILES string of the molecule is COc1ccc(CN2CCC[C@@H](Cn3nc(C)nc3C)C2)cc1F. The largest absolute Gasteiger partial charge is 0.494 e. The van der Waals surface area contributed by atoms with E-state index in [1.54, 1.807) is 12.1 Å². The van der Waals surface area contributed by atoms with E-state index in [1.807, 2.05) is 24.6 Å². The van der Waals surface area contributed by atoms with Crippen molar-refractivity contribution in [3.63, 3.8) is 0 Å². The van der Waals surface area contributed by atoms with E-state index in [4.69, 9.17) is 4.74 Å². The van der Waals surface area contributed by atoms with E-state index in [0.717, 1.165) is 49.8 Å². The fourth-order valence-electron chi connectivity index (χ4n) is 3.49. The number of piperidine rings is 1. The van der Waals surface area contributed by atoms with Gasteiger partial charge in [0.1, 0.15) is 11.6 Å². The van der Waals surface area contributed by atoms with Crippen molar-refractivity contribution in [2.75, 3.05) is 20.2 Å². The summed E-state index contributed by atoms with van der Waals surface area (Å²) in [5.41, 5.74) is 0.988. The van der Waals surface area contributed by atoms with Gasteiger partial charge < -0.3 is 4.74 Å². The molecule has 1 aliphatic rings. The zero-order chi connectivity index (χ0) is 17.1. The van der Waals surface area contributed by atoms with Crippen LogP contribution >= 0.6 is 0 Å². The van der Waals surface area contributed by atoms with Crippen molar-refractivity contribution >= 4 is 0 Å². The fourth-order valence-corrected chi connectivity index (χ4v) is 3.49. The number of aryl methyl sites for hydroxylation is 2. The van der Waals surface area contributed by atoms with E-state index in [1.165, 1.54) is 13.5 Å². The number of benzene rings is 1. The van der Waals surface area contributed by atoms with Crippen LogP contribution in [-0.4, -0.2) is 39.9 Å². The van der Waals surface area contributed by atoms with Crippen LogP contribution in [0.5, 0.6) is 5.75 Å². The second-order valence-corrected chi connectivity index (χ2v) is 6.60. The summed E-state index contributed by atoms with van der Waals surface area (Å²) >= 11 is 0. The average molecular weight is 332 g/mol. The van der Waals surface area contributed by atoms with Gasteiger partial charge >= 0.3 is 0 Å². The lowest BCUT2D eigenvalue weighted by molar-refractivity contribution is 0.152. The summed E-state index contributed by atoms with van der Waals surface area (Å²) in [5, 5.41) is 4.47. The standard InChI is InChI=1S/C18H25FN4O/c1-13-20-14(2)23(21-13)12-16-5-4-8-22(11-16)10-15-6-7-18(24-3)17(19)9-15/h6-7,9,16H,4-5,8,10-12H2,1-3H3/t16-/m1/s1. The Hall–Kier alpha value is -1.95. The summed E-state index contributed by atoms with van der Waals surface area (Å²) in [6.07, 6.45) is 2.36. The topological polar surface area (TPSA) is 43.2 Å². The van der Waals surface area contributed by atoms with Gasteiger partial charge in [0, 0.05) is 19.6 Å². The van der Waals surface area contributed by atoms with E-state index in [-0.39, 0.29) is 5.82 Å². The summed E-state index contributed by atoms with van der Waals surface area (Å²) < 4.78 is 20.8. The molecule has 0 N–H and O–H groups in total. The van der Waals surface area contributed by atoms with E-state index in [2.05, 4.69) is 15.0 Å². The van der Waals surface area contributed by atoms with Crippen molar-refractivity contribution in [2.24, 2.45) is 5.92 Å². The first-order valence-electron chi connectivity index (χ1n) is 8.48. The highest BCUT2D eigenvalue weighted by atomic mass is 19.1. The quantitative estimate of drug-likeness (QED) is 0.844. The Balaban J connectivity index is 1.61. The van der Waals surface area contributed by atoms with Crippen LogP contribution in [0.15, 0.2) is 18.2 Å². The molecular weight excluding hydrogens is 307 g/mol. The molecule has 5 nitrogen and oxygen atoms in total. The van der Waals surface area contributed by atoms with Crippen LogP contribution < -0.4 is 4.74 Å². The number of likely N-dealkylation sites (tertiary alicyclic amines) is 1. The minimum atomic E-state index is -0.294. The van der Waals surface area contributed by atoms with Crippen LogP contribution in [0, 0.1) is 25.6 Å². The number of rotatable bonds is 5. The summed E-state index contributed by atoms with van der Waals surface area (Å²) in [5.74, 6) is 2.36. The molecule has 1 saturated heterocycles. The monoisotopic (exact) mass is 332 g/mol. The lowest BCUT2D eigenvalue weighted by atomic mass is 9.97. The van der Waals surface area contributed by atoms with Gasteiger partial charge in [0.05, 0.1) is 7.11 Å². The van der Waals surface area contributed by atoms with Gasteiger partial charge in [-0.15, -0.1) is 0 Å². The second kappa shape index (κ2) is 7.30. The highest BCUT2D eigenvalue weighted by Crippen LogP contribution is 2.23. The van der Waals surface area contributed by atoms with Gasteiger partial charge in [0.15, 0.2) is 11.6 Å². The Morgan fingerprint density at radius 3 is 2.83 bits per heavy atom. The number of aromatic nitrogens is 3. The molecule has 24 heavy (non-hydrogen) atoms. The highest BCUT2D eigenvalue weighted by molar-refractivity contribution is 5.29. The molecule has 0 bridgehead atoms.